The summed E-state index contributed by atoms with van der Waals surface area (Å²) in [4.78, 5) is 23.5. The second kappa shape index (κ2) is 4.78. The van der Waals surface area contributed by atoms with Crippen molar-refractivity contribution in [2.45, 2.75) is 11.7 Å². The molecule has 1 heterocycles. The lowest BCUT2D eigenvalue weighted by molar-refractivity contribution is -0.116. The number of Topliss-reactive ketones (excluding diaryl/α,β-unsaturated/α-hetero) is 2. The first-order valence-electron chi connectivity index (χ1n) is 4.73. The van der Waals surface area contributed by atoms with Crippen molar-refractivity contribution in [1.29, 1.82) is 0 Å². The molecule has 1 unspecified atom stereocenters. The lowest BCUT2D eigenvalue weighted by Gasteiger charge is -2.08. The van der Waals surface area contributed by atoms with E-state index in [0.717, 1.165) is 0 Å². The third kappa shape index (κ3) is 2.26. The molecule has 0 aliphatic carbocycles. The molecule has 1 fully saturated rings. The van der Waals surface area contributed by atoms with Crippen molar-refractivity contribution in [2.24, 2.45) is 0 Å². The topological polar surface area (TPSA) is 34.1 Å². The van der Waals surface area contributed by atoms with Crippen molar-refractivity contribution in [3.63, 3.8) is 0 Å². The van der Waals surface area contributed by atoms with Crippen LogP contribution in [0.1, 0.15) is 16.8 Å². The minimum Gasteiger partial charge on any atom is -0.298 e. The van der Waals surface area contributed by atoms with Gasteiger partial charge in [0.1, 0.15) is 5.25 Å². The maximum Gasteiger partial charge on any atom is 0.184 e. The summed E-state index contributed by atoms with van der Waals surface area (Å²) in [6, 6.07) is 4.68. The zero-order valence-corrected chi connectivity index (χ0v) is 10.5. The SMILES string of the molecule is O=C1CCSC1C(=O)c1ccc(Cl)cc1Cl. The Morgan fingerprint density at radius 2 is 2.12 bits per heavy atom. The highest BCUT2D eigenvalue weighted by Crippen LogP contribution is 2.29. The van der Waals surface area contributed by atoms with Gasteiger partial charge in [0.05, 0.1) is 5.02 Å². The molecule has 2 rings (SSSR count). The van der Waals surface area contributed by atoms with Crippen molar-refractivity contribution in [3.05, 3.63) is 33.8 Å². The Morgan fingerprint density at radius 3 is 2.69 bits per heavy atom. The van der Waals surface area contributed by atoms with E-state index in [4.69, 9.17) is 23.2 Å². The molecule has 1 saturated heterocycles. The number of carbonyl (C=O) groups is 2. The van der Waals surface area contributed by atoms with Crippen molar-refractivity contribution < 1.29 is 9.59 Å². The van der Waals surface area contributed by atoms with Crippen LogP contribution in [0.15, 0.2) is 18.2 Å². The van der Waals surface area contributed by atoms with Gasteiger partial charge >= 0.3 is 0 Å². The minimum absolute atomic E-state index is 0.0129. The molecule has 1 aliphatic rings. The number of benzene rings is 1. The molecule has 0 spiro atoms. The van der Waals surface area contributed by atoms with E-state index in [1.165, 1.54) is 17.8 Å². The third-order valence-electron chi connectivity index (χ3n) is 2.36. The Bertz CT molecular complexity index is 459. The number of hydrogen-bond acceptors (Lipinski definition) is 3. The van der Waals surface area contributed by atoms with E-state index in [1.54, 1.807) is 12.1 Å². The lowest BCUT2D eigenvalue weighted by atomic mass is 10.0. The van der Waals surface area contributed by atoms with Crippen molar-refractivity contribution in [1.82, 2.24) is 0 Å². The number of hydrogen-bond donors (Lipinski definition) is 0. The van der Waals surface area contributed by atoms with E-state index >= 15 is 0 Å². The van der Waals surface area contributed by atoms with Gasteiger partial charge in [0.25, 0.3) is 0 Å². The van der Waals surface area contributed by atoms with Crippen LogP contribution in [0.3, 0.4) is 0 Å². The molecule has 16 heavy (non-hydrogen) atoms. The number of thioether (sulfide) groups is 1. The second-order valence-electron chi connectivity index (χ2n) is 3.46. The quantitative estimate of drug-likeness (QED) is 0.613. The third-order valence-corrected chi connectivity index (χ3v) is 4.16. The van der Waals surface area contributed by atoms with Crippen LogP contribution in [0.5, 0.6) is 0 Å². The van der Waals surface area contributed by atoms with Crippen LogP contribution in [-0.2, 0) is 4.79 Å². The first-order chi connectivity index (χ1) is 7.59. The number of halogens is 2. The molecular formula is C11H8Cl2O2S. The lowest BCUT2D eigenvalue weighted by Crippen LogP contribution is -2.22. The number of carbonyl (C=O) groups excluding carboxylic acids is 2. The summed E-state index contributed by atoms with van der Waals surface area (Å²) < 4.78 is 0. The Morgan fingerprint density at radius 1 is 1.38 bits per heavy atom. The molecule has 0 bridgehead atoms. The van der Waals surface area contributed by atoms with E-state index in [0.29, 0.717) is 27.8 Å². The van der Waals surface area contributed by atoms with Crippen molar-refractivity contribution in [3.8, 4) is 0 Å². The molecule has 5 heteroatoms. The molecule has 1 aliphatic heterocycles. The van der Waals surface area contributed by atoms with Crippen LogP contribution >= 0.6 is 35.0 Å². The first kappa shape index (κ1) is 12.0. The highest BCUT2D eigenvalue weighted by Gasteiger charge is 2.33. The predicted octanol–water partition coefficient (Wildman–Crippen LogP) is 3.25. The van der Waals surface area contributed by atoms with Crippen LogP contribution in [0, 0.1) is 0 Å². The summed E-state index contributed by atoms with van der Waals surface area (Å²) >= 11 is 13.0. The fourth-order valence-corrected chi connectivity index (χ4v) is 3.19. The summed E-state index contributed by atoms with van der Waals surface area (Å²) in [5.74, 6) is 0.482. The van der Waals surface area contributed by atoms with Gasteiger partial charge in [-0.05, 0) is 18.2 Å². The number of ketones is 2. The smallest absolute Gasteiger partial charge is 0.184 e. The molecule has 0 aromatic heterocycles. The molecule has 0 amide bonds. The normalized spacial score (nSPS) is 20.1. The Balaban J connectivity index is 2.30. The highest BCUT2D eigenvalue weighted by atomic mass is 35.5. The Hall–Kier alpha value is -0.510. The highest BCUT2D eigenvalue weighted by molar-refractivity contribution is 8.01. The van der Waals surface area contributed by atoms with Gasteiger partial charge in [-0.15, -0.1) is 11.8 Å². The van der Waals surface area contributed by atoms with Crippen LogP contribution < -0.4 is 0 Å². The fourth-order valence-electron chi connectivity index (χ4n) is 1.55. The molecule has 0 N–H and O–H groups in total. The second-order valence-corrected chi connectivity index (χ2v) is 5.51. The van der Waals surface area contributed by atoms with Crippen LogP contribution in [-0.4, -0.2) is 22.6 Å². The van der Waals surface area contributed by atoms with Gasteiger partial charge in [0.15, 0.2) is 11.6 Å². The van der Waals surface area contributed by atoms with Crippen LogP contribution in [0.25, 0.3) is 0 Å². The molecule has 1 aromatic rings. The minimum atomic E-state index is -0.585. The van der Waals surface area contributed by atoms with Gasteiger partial charge in [-0.3, -0.25) is 9.59 Å². The van der Waals surface area contributed by atoms with Crippen molar-refractivity contribution in [2.75, 3.05) is 5.75 Å². The van der Waals surface area contributed by atoms with Gasteiger partial charge in [-0.1, -0.05) is 23.2 Å². The summed E-state index contributed by atoms with van der Waals surface area (Å²) in [7, 11) is 0. The van der Waals surface area contributed by atoms with E-state index in [9.17, 15) is 9.59 Å². The molecular weight excluding hydrogens is 267 g/mol. The first-order valence-corrected chi connectivity index (χ1v) is 6.53. The maximum absolute atomic E-state index is 12.0. The van der Waals surface area contributed by atoms with Crippen molar-refractivity contribution >= 4 is 46.5 Å². The Labute approximate surface area is 107 Å². The van der Waals surface area contributed by atoms with Gasteiger partial charge < -0.3 is 0 Å². The van der Waals surface area contributed by atoms with Crippen LogP contribution in [0.4, 0.5) is 0 Å². The molecule has 0 saturated carbocycles. The van der Waals surface area contributed by atoms with Gasteiger partial charge in [-0.2, -0.15) is 0 Å². The van der Waals surface area contributed by atoms with Gasteiger partial charge in [0, 0.05) is 22.8 Å². The predicted molar refractivity (Wildman–Crippen MR) is 66.7 cm³/mol. The number of rotatable bonds is 2. The fraction of sp³-hybridized carbons (Fsp3) is 0.273. The summed E-state index contributed by atoms with van der Waals surface area (Å²) in [6.45, 7) is 0. The standard InChI is InChI=1S/C11H8Cl2O2S/c12-6-1-2-7(8(13)5-6)10(15)11-9(14)3-4-16-11/h1-2,5,11H,3-4H2. The summed E-state index contributed by atoms with van der Waals surface area (Å²) in [6.07, 6.45) is 0.465. The van der Waals surface area contributed by atoms with E-state index in [-0.39, 0.29) is 11.6 Å². The molecule has 1 aromatic carbocycles. The molecule has 84 valence electrons. The molecule has 2 nitrogen and oxygen atoms in total. The molecule has 1 atom stereocenters. The van der Waals surface area contributed by atoms with E-state index in [1.807, 2.05) is 0 Å². The maximum atomic E-state index is 12.0. The van der Waals surface area contributed by atoms with Gasteiger partial charge in [-0.25, -0.2) is 0 Å². The zero-order chi connectivity index (χ0) is 11.7. The average Bonchev–Trinajstić information content (AvgIpc) is 2.63. The Kier molecular flexibility index (Phi) is 3.57. The monoisotopic (exact) mass is 274 g/mol. The molecule has 0 radical (unpaired) electrons. The summed E-state index contributed by atoms with van der Waals surface area (Å²) in [5, 5.41) is 0.198. The average molecular weight is 275 g/mol. The van der Waals surface area contributed by atoms with Crippen LogP contribution in [0.2, 0.25) is 10.0 Å². The van der Waals surface area contributed by atoms with E-state index < -0.39 is 5.25 Å². The zero-order valence-electron chi connectivity index (χ0n) is 8.20. The largest absolute Gasteiger partial charge is 0.298 e. The summed E-state index contributed by atoms with van der Waals surface area (Å²) in [5.41, 5.74) is 0.374. The van der Waals surface area contributed by atoms with E-state index in [2.05, 4.69) is 0 Å². The van der Waals surface area contributed by atoms with Gasteiger partial charge in [0.2, 0.25) is 0 Å².